The minimum Gasteiger partial charge on any atom is -0.459 e. The van der Waals surface area contributed by atoms with E-state index in [-0.39, 0.29) is 24.2 Å². The first kappa shape index (κ1) is 16.3. The number of hydrogen-bond acceptors (Lipinski definition) is 6. The van der Waals surface area contributed by atoms with Gasteiger partial charge in [0.2, 0.25) is 5.91 Å². The second-order valence-corrected chi connectivity index (χ2v) is 5.36. The summed E-state index contributed by atoms with van der Waals surface area (Å²) < 4.78 is 5.61. The summed E-state index contributed by atoms with van der Waals surface area (Å²) in [4.78, 5) is 46.1. The minimum atomic E-state index is -0.517. The molecule has 1 aliphatic heterocycles. The maximum absolute atomic E-state index is 11.9. The number of benzene rings is 1. The second kappa shape index (κ2) is 6.52. The lowest BCUT2D eigenvalue weighted by molar-refractivity contribution is -0.384. The van der Waals surface area contributed by atoms with Crippen LogP contribution in [0.5, 0.6) is 0 Å². The van der Waals surface area contributed by atoms with Gasteiger partial charge in [-0.05, 0) is 18.2 Å². The van der Waals surface area contributed by atoms with Crippen molar-refractivity contribution in [3.63, 3.8) is 0 Å². The van der Waals surface area contributed by atoms with Crippen molar-refractivity contribution in [1.29, 1.82) is 0 Å². The average Bonchev–Trinajstić information content (AvgIpc) is 3.05. The van der Waals surface area contributed by atoms with Crippen molar-refractivity contribution in [2.45, 2.75) is 13.0 Å². The van der Waals surface area contributed by atoms with Crippen LogP contribution in [0.3, 0.4) is 0 Å². The first-order valence-corrected chi connectivity index (χ1v) is 7.32. The summed E-state index contributed by atoms with van der Waals surface area (Å²) in [6.45, 7) is 0.0179. The van der Waals surface area contributed by atoms with E-state index in [1.165, 1.54) is 17.2 Å². The van der Waals surface area contributed by atoms with E-state index in [0.29, 0.717) is 23.4 Å². The van der Waals surface area contributed by atoms with Gasteiger partial charge >= 0.3 is 0 Å². The number of ketones is 1. The number of carbonyl (C=O) groups excluding carboxylic acids is 3. The Morgan fingerprint density at radius 2 is 1.96 bits per heavy atom. The van der Waals surface area contributed by atoms with Crippen molar-refractivity contribution in [2.24, 2.45) is 0 Å². The molecule has 0 fully saturated rings. The first-order chi connectivity index (χ1) is 12.0. The first-order valence-electron chi connectivity index (χ1n) is 7.32. The summed E-state index contributed by atoms with van der Waals surface area (Å²) in [5.74, 6) is -0.296. The Balaban J connectivity index is 1.87. The zero-order chi connectivity index (χ0) is 18.0. The standard InChI is InChI=1S/C17H12N2O6/c20-10-11-8-18(17(22)7-15(11)21)9-12-5-6-16(25-12)13-3-1-2-4-14(13)19(23)24/h1-6,8,10H,7,9H2. The number of nitro benzene ring substituents is 1. The minimum absolute atomic E-state index is 0.0179. The average molecular weight is 340 g/mol. The van der Waals surface area contributed by atoms with Crippen molar-refractivity contribution >= 4 is 23.7 Å². The van der Waals surface area contributed by atoms with E-state index in [9.17, 15) is 24.5 Å². The van der Waals surface area contributed by atoms with Crippen molar-refractivity contribution in [1.82, 2.24) is 4.90 Å². The highest BCUT2D eigenvalue weighted by atomic mass is 16.6. The van der Waals surface area contributed by atoms with E-state index in [1.54, 1.807) is 30.3 Å². The van der Waals surface area contributed by atoms with Gasteiger partial charge in [-0.15, -0.1) is 0 Å². The van der Waals surface area contributed by atoms with Gasteiger partial charge in [-0.2, -0.15) is 0 Å². The van der Waals surface area contributed by atoms with Crippen molar-refractivity contribution in [3.8, 4) is 11.3 Å². The molecule has 2 aromatic rings. The Labute approximate surface area is 141 Å². The van der Waals surface area contributed by atoms with Gasteiger partial charge in [0.05, 0.1) is 29.0 Å². The monoisotopic (exact) mass is 340 g/mol. The molecule has 0 N–H and O–H groups in total. The third-order valence-electron chi connectivity index (χ3n) is 3.73. The van der Waals surface area contributed by atoms with Crippen molar-refractivity contribution in [3.05, 3.63) is 64.0 Å². The summed E-state index contributed by atoms with van der Waals surface area (Å²) in [7, 11) is 0. The number of amides is 1. The van der Waals surface area contributed by atoms with E-state index in [2.05, 4.69) is 0 Å². The Bertz CT molecular complexity index is 911. The van der Waals surface area contributed by atoms with Crippen molar-refractivity contribution in [2.75, 3.05) is 0 Å². The third kappa shape index (κ3) is 3.23. The Hall–Kier alpha value is -3.55. The number of aldehydes is 1. The molecule has 1 amide bonds. The van der Waals surface area contributed by atoms with Gasteiger partial charge in [-0.25, -0.2) is 0 Å². The number of allylic oxidation sites excluding steroid dienone is 1. The number of carbonyl (C=O) groups is 3. The van der Waals surface area contributed by atoms with Crippen LogP contribution in [0.25, 0.3) is 11.3 Å². The lowest BCUT2D eigenvalue weighted by atomic mass is 10.1. The SMILES string of the molecule is O=CC1=CN(Cc2ccc(-c3ccccc3[N+](=O)[O-])o2)C(=O)CC1=O. The molecular formula is C17H12N2O6. The van der Waals surface area contributed by atoms with Crippen LogP contribution < -0.4 is 0 Å². The van der Waals surface area contributed by atoms with E-state index in [4.69, 9.17) is 4.42 Å². The number of para-hydroxylation sites is 1. The van der Waals surface area contributed by atoms with Crippen LogP contribution in [-0.2, 0) is 20.9 Å². The van der Waals surface area contributed by atoms with Gasteiger partial charge in [-0.3, -0.25) is 24.5 Å². The van der Waals surface area contributed by atoms with Gasteiger partial charge in [-0.1, -0.05) is 12.1 Å². The van der Waals surface area contributed by atoms with Gasteiger partial charge in [0.15, 0.2) is 12.1 Å². The maximum Gasteiger partial charge on any atom is 0.280 e. The smallest absolute Gasteiger partial charge is 0.280 e. The van der Waals surface area contributed by atoms with Crippen LogP contribution in [0.1, 0.15) is 12.2 Å². The molecular weight excluding hydrogens is 328 g/mol. The fourth-order valence-electron chi connectivity index (χ4n) is 2.50. The van der Waals surface area contributed by atoms with Gasteiger partial charge in [0, 0.05) is 12.3 Å². The topological polar surface area (TPSA) is 111 Å². The molecule has 0 saturated heterocycles. The highest BCUT2D eigenvalue weighted by Crippen LogP contribution is 2.31. The van der Waals surface area contributed by atoms with Crippen LogP contribution >= 0.6 is 0 Å². The number of Topliss-reactive ketones (excluding diaryl/α,β-unsaturated/α-hetero) is 1. The van der Waals surface area contributed by atoms with Crippen LogP contribution in [0.2, 0.25) is 0 Å². The highest BCUT2D eigenvalue weighted by Gasteiger charge is 2.26. The van der Waals surface area contributed by atoms with E-state index < -0.39 is 16.6 Å². The fraction of sp³-hybridized carbons (Fsp3) is 0.118. The summed E-state index contributed by atoms with van der Waals surface area (Å²) in [6, 6.07) is 9.31. The maximum atomic E-state index is 11.9. The third-order valence-corrected chi connectivity index (χ3v) is 3.73. The van der Waals surface area contributed by atoms with Crippen LogP contribution in [0.15, 0.2) is 52.6 Å². The van der Waals surface area contributed by atoms with Gasteiger partial charge < -0.3 is 9.32 Å². The molecule has 0 atom stereocenters. The summed E-state index contributed by atoms with van der Waals surface area (Å²) in [6.07, 6.45) is 1.22. The molecule has 8 heteroatoms. The Kier molecular flexibility index (Phi) is 4.25. The number of furan rings is 1. The summed E-state index contributed by atoms with van der Waals surface area (Å²) in [5, 5.41) is 11.1. The lowest BCUT2D eigenvalue weighted by Crippen LogP contribution is -2.33. The lowest BCUT2D eigenvalue weighted by Gasteiger charge is -2.21. The molecule has 0 aliphatic carbocycles. The molecule has 1 aliphatic rings. The van der Waals surface area contributed by atoms with E-state index >= 15 is 0 Å². The zero-order valence-electron chi connectivity index (χ0n) is 12.9. The van der Waals surface area contributed by atoms with E-state index in [1.807, 2.05) is 0 Å². The molecule has 0 bridgehead atoms. The predicted octanol–water partition coefficient (Wildman–Crippen LogP) is 2.24. The fourth-order valence-corrected chi connectivity index (χ4v) is 2.50. The molecule has 2 heterocycles. The summed E-state index contributed by atoms with van der Waals surface area (Å²) in [5.41, 5.74) is 0.152. The molecule has 0 radical (unpaired) electrons. The van der Waals surface area contributed by atoms with Crippen LogP contribution in [0, 0.1) is 10.1 Å². The Morgan fingerprint density at radius 1 is 1.20 bits per heavy atom. The van der Waals surface area contributed by atoms with E-state index in [0.717, 1.165) is 0 Å². The van der Waals surface area contributed by atoms with Gasteiger partial charge in [0.1, 0.15) is 11.5 Å². The molecule has 3 rings (SSSR count). The largest absolute Gasteiger partial charge is 0.459 e. The molecule has 0 saturated carbocycles. The molecule has 25 heavy (non-hydrogen) atoms. The molecule has 0 spiro atoms. The molecule has 1 aromatic carbocycles. The van der Waals surface area contributed by atoms with Gasteiger partial charge in [0.25, 0.3) is 5.69 Å². The Morgan fingerprint density at radius 3 is 2.68 bits per heavy atom. The second-order valence-electron chi connectivity index (χ2n) is 5.36. The van der Waals surface area contributed by atoms with Crippen LogP contribution in [-0.4, -0.2) is 27.8 Å². The van der Waals surface area contributed by atoms with Crippen molar-refractivity contribution < 1.29 is 23.7 Å². The normalized spacial score (nSPS) is 14.4. The predicted molar refractivity (Wildman–Crippen MR) is 85.1 cm³/mol. The molecule has 126 valence electrons. The number of nitro groups is 1. The number of rotatable bonds is 5. The molecule has 0 unspecified atom stereocenters. The summed E-state index contributed by atoms with van der Waals surface area (Å²) >= 11 is 0. The van der Waals surface area contributed by atoms with Crippen LogP contribution in [0.4, 0.5) is 5.69 Å². The molecule has 1 aromatic heterocycles. The number of nitrogens with zero attached hydrogens (tertiary/aromatic N) is 2. The highest BCUT2D eigenvalue weighted by molar-refractivity contribution is 6.19. The molecule has 8 nitrogen and oxygen atoms in total. The quantitative estimate of drug-likeness (QED) is 0.271. The number of hydrogen-bond donors (Lipinski definition) is 0. The zero-order valence-corrected chi connectivity index (χ0v) is 12.9.